The van der Waals surface area contributed by atoms with Gasteiger partial charge in [-0.1, -0.05) is 19.8 Å². The van der Waals surface area contributed by atoms with Crippen LogP contribution >= 0.6 is 0 Å². The summed E-state index contributed by atoms with van der Waals surface area (Å²) in [6.45, 7) is 5.94. The van der Waals surface area contributed by atoms with Gasteiger partial charge in [0.2, 0.25) is 5.91 Å². The second-order valence-corrected chi connectivity index (χ2v) is 5.58. The van der Waals surface area contributed by atoms with Gasteiger partial charge in [-0.2, -0.15) is 0 Å². The van der Waals surface area contributed by atoms with Crippen molar-refractivity contribution < 1.29 is 14.3 Å². The first-order valence-electron chi connectivity index (χ1n) is 7.72. The molecule has 0 saturated heterocycles. The van der Waals surface area contributed by atoms with E-state index in [-0.39, 0.29) is 11.9 Å². The predicted molar refractivity (Wildman–Crippen MR) is 82.4 cm³/mol. The molecule has 1 atom stereocenters. The maximum Gasteiger partial charge on any atom is 0.249 e. The van der Waals surface area contributed by atoms with E-state index in [0.717, 1.165) is 48.7 Å². The second kappa shape index (κ2) is 5.84. The fourth-order valence-electron chi connectivity index (χ4n) is 2.82. The Bertz CT molecular complexity index is 545. The van der Waals surface area contributed by atoms with Crippen molar-refractivity contribution in [2.75, 3.05) is 30.0 Å². The number of nitrogens with zero attached hydrogens (tertiary/aromatic N) is 1. The molecule has 1 N–H and O–H groups in total. The maximum atomic E-state index is 12.4. The smallest absolute Gasteiger partial charge is 0.249 e. The van der Waals surface area contributed by atoms with E-state index in [9.17, 15) is 4.79 Å². The van der Waals surface area contributed by atoms with Gasteiger partial charge in [0.05, 0.1) is 11.4 Å². The molecule has 114 valence electrons. The Kier molecular flexibility index (Phi) is 3.90. The van der Waals surface area contributed by atoms with Crippen LogP contribution in [0.4, 0.5) is 11.4 Å². The van der Waals surface area contributed by atoms with E-state index >= 15 is 0 Å². The number of rotatable bonds is 4. The summed E-state index contributed by atoms with van der Waals surface area (Å²) >= 11 is 0. The van der Waals surface area contributed by atoms with Crippen LogP contribution in [0, 0.1) is 0 Å². The number of carbonyl (C=O) groups excluding carboxylic acids is 1. The highest BCUT2D eigenvalue weighted by molar-refractivity contribution is 6.05. The molecule has 5 nitrogen and oxygen atoms in total. The second-order valence-electron chi connectivity index (χ2n) is 5.58. The Morgan fingerprint density at radius 3 is 2.67 bits per heavy atom. The summed E-state index contributed by atoms with van der Waals surface area (Å²) in [7, 11) is 0. The van der Waals surface area contributed by atoms with E-state index in [0.29, 0.717) is 13.2 Å². The number of anilines is 2. The molecule has 2 heterocycles. The number of amides is 1. The first-order valence-corrected chi connectivity index (χ1v) is 7.72. The van der Waals surface area contributed by atoms with Gasteiger partial charge in [-0.3, -0.25) is 4.79 Å². The molecular weight excluding hydrogens is 268 g/mol. The monoisotopic (exact) mass is 290 g/mol. The normalized spacial score (nSPS) is 20.0. The first-order chi connectivity index (χ1) is 10.2. The van der Waals surface area contributed by atoms with Crippen LogP contribution in [-0.2, 0) is 4.79 Å². The summed E-state index contributed by atoms with van der Waals surface area (Å²) in [5.41, 5.74) is 1.85. The Labute approximate surface area is 125 Å². The third-order valence-corrected chi connectivity index (χ3v) is 3.95. The lowest BCUT2D eigenvalue weighted by Crippen LogP contribution is -2.46. The highest BCUT2D eigenvalue weighted by Gasteiger charge is 2.31. The summed E-state index contributed by atoms with van der Waals surface area (Å²) in [5.74, 6) is 1.60. The number of carbonyl (C=O) groups is 1. The quantitative estimate of drug-likeness (QED) is 0.866. The average Bonchev–Trinajstić information content (AvgIpc) is 2.49. The summed E-state index contributed by atoms with van der Waals surface area (Å²) in [6.07, 6.45) is 3.29. The van der Waals surface area contributed by atoms with Gasteiger partial charge >= 0.3 is 0 Å². The van der Waals surface area contributed by atoms with Gasteiger partial charge in [0.15, 0.2) is 11.5 Å². The highest BCUT2D eigenvalue weighted by atomic mass is 16.6. The summed E-state index contributed by atoms with van der Waals surface area (Å²) < 4.78 is 11.3. The molecule has 21 heavy (non-hydrogen) atoms. The van der Waals surface area contributed by atoms with E-state index in [1.54, 1.807) is 0 Å². The van der Waals surface area contributed by atoms with Crippen LogP contribution in [0.1, 0.15) is 33.1 Å². The van der Waals surface area contributed by atoms with E-state index < -0.39 is 0 Å². The van der Waals surface area contributed by atoms with Crippen molar-refractivity contribution in [3.8, 4) is 11.5 Å². The van der Waals surface area contributed by atoms with Crippen molar-refractivity contribution in [1.82, 2.24) is 0 Å². The predicted octanol–water partition coefficient (Wildman–Crippen LogP) is 2.80. The zero-order valence-corrected chi connectivity index (χ0v) is 12.6. The van der Waals surface area contributed by atoms with Gasteiger partial charge in [-0.05, 0) is 13.3 Å². The van der Waals surface area contributed by atoms with Crippen molar-refractivity contribution in [1.29, 1.82) is 0 Å². The lowest BCUT2D eigenvalue weighted by Gasteiger charge is -2.35. The van der Waals surface area contributed by atoms with Crippen LogP contribution in [0.25, 0.3) is 0 Å². The molecule has 2 aliphatic heterocycles. The number of nitrogens with one attached hydrogen (secondary N) is 1. The van der Waals surface area contributed by atoms with E-state index in [1.807, 2.05) is 24.0 Å². The molecule has 0 aliphatic carbocycles. The van der Waals surface area contributed by atoms with Crippen molar-refractivity contribution in [3.05, 3.63) is 12.1 Å². The fraction of sp³-hybridized carbons (Fsp3) is 0.562. The van der Waals surface area contributed by atoms with Gasteiger partial charge in [0.1, 0.15) is 19.3 Å². The van der Waals surface area contributed by atoms with Crippen LogP contribution in [-0.4, -0.2) is 31.7 Å². The number of hydrogen-bond donors (Lipinski definition) is 1. The summed E-state index contributed by atoms with van der Waals surface area (Å²) in [5, 5.41) is 3.25. The third-order valence-electron chi connectivity index (χ3n) is 3.95. The van der Waals surface area contributed by atoms with Gasteiger partial charge in [0.25, 0.3) is 0 Å². The Morgan fingerprint density at radius 1 is 1.24 bits per heavy atom. The van der Waals surface area contributed by atoms with E-state index in [4.69, 9.17) is 9.47 Å². The molecule has 0 radical (unpaired) electrons. The van der Waals surface area contributed by atoms with Crippen molar-refractivity contribution in [2.45, 2.75) is 39.2 Å². The lowest BCUT2D eigenvalue weighted by molar-refractivity contribution is -0.119. The molecule has 0 fully saturated rings. The topological polar surface area (TPSA) is 50.8 Å². The molecular formula is C16H22N2O3. The first kappa shape index (κ1) is 14.0. The number of hydrogen-bond acceptors (Lipinski definition) is 4. The van der Waals surface area contributed by atoms with Crippen molar-refractivity contribution in [2.24, 2.45) is 0 Å². The Balaban J connectivity index is 1.93. The minimum atomic E-state index is -0.207. The van der Waals surface area contributed by atoms with Crippen LogP contribution in [0.2, 0.25) is 0 Å². The van der Waals surface area contributed by atoms with Gasteiger partial charge < -0.3 is 19.7 Å². The zero-order valence-electron chi connectivity index (χ0n) is 12.6. The molecule has 1 aromatic rings. The van der Waals surface area contributed by atoms with E-state index in [2.05, 4.69) is 12.2 Å². The molecule has 0 bridgehead atoms. The van der Waals surface area contributed by atoms with Crippen molar-refractivity contribution in [3.63, 3.8) is 0 Å². The fourth-order valence-corrected chi connectivity index (χ4v) is 2.82. The Morgan fingerprint density at radius 2 is 1.95 bits per heavy atom. The third kappa shape index (κ3) is 2.64. The molecule has 0 saturated carbocycles. The maximum absolute atomic E-state index is 12.4. The average molecular weight is 290 g/mol. The Hall–Kier alpha value is -1.91. The molecule has 2 aliphatic rings. The number of benzene rings is 1. The van der Waals surface area contributed by atoms with Gasteiger partial charge in [-0.15, -0.1) is 0 Å². The lowest BCUT2D eigenvalue weighted by atomic mass is 10.1. The van der Waals surface area contributed by atoms with Crippen LogP contribution in [0.5, 0.6) is 11.5 Å². The van der Waals surface area contributed by atoms with Crippen LogP contribution in [0.3, 0.4) is 0 Å². The molecule has 1 unspecified atom stereocenters. The SMILES string of the molecule is CCCCCN1C(=O)C(C)Nc2cc3c(cc21)OCCO3. The van der Waals surface area contributed by atoms with Gasteiger partial charge in [-0.25, -0.2) is 0 Å². The molecule has 1 amide bonds. The van der Waals surface area contributed by atoms with Gasteiger partial charge in [0, 0.05) is 18.7 Å². The minimum Gasteiger partial charge on any atom is -0.486 e. The van der Waals surface area contributed by atoms with Crippen LogP contribution < -0.4 is 19.7 Å². The molecule has 1 aromatic carbocycles. The number of unbranched alkanes of at least 4 members (excludes halogenated alkanes) is 2. The summed E-state index contributed by atoms with van der Waals surface area (Å²) in [6, 6.07) is 3.66. The minimum absolute atomic E-state index is 0.121. The highest BCUT2D eigenvalue weighted by Crippen LogP contribution is 2.42. The largest absolute Gasteiger partial charge is 0.486 e. The molecule has 5 heteroatoms. The standard InChI is InChI=1S/C16H22N2O3/c1-3-4-5-6-18-13-10-15-14(20-7-8-21-15)9-12(13)17-11(2)16(18)19/h9-11,17H,3-8H2,1-2H3. The zero-order chi connectivity index (χ0) is 14.8. The molecule has 0 spiro atoms. The van der Waals surface area contributed by atoms with E-state index in [1.165, 1.54) is 0 Å². The summed E-state index contributed by atoms with van der Waals surface area (Å²) in [4.78, 5) is 14.3. The number of fused-ring (bicyclic) bond motifs is 2. The molecule has 0 aromatic heterocycles. The molecule has 3 rings (SSSR count). The number of ether oxygens (including phenoxy) is 2. The van der Waals surface area contributed by atoms with Crippen molar-refractivity contribution >= 4 is 17.3 Å². The van der Waals surface area contributed by atoms with Crippen LogP contribution in [0.15, 0.2) is 12.1 Å².